The summed E-state index contributed by atoms with van der Waals surface area (Å²) in [4.78, 5) is 0. The standard InChI is InChI=1S/C15H18ClN3/c16-13-5-3-12(4-6-13)14-10-18-19-15(14)8-11-2-1-7-17-9-11/h3-6,10-11,17H,1-2,7-9H2,(H,18,19). The van der Waals surface area contributed by atoms with Crippen LogP contribution in [0.25, 0.3) is 11.1 Å². The molecule has 3 nitrogen and oxygen atoms in total. The third-order valence-corrected chi connectivity index (χ3v) is 4.02. The van der Waals surface area contributed by atoms with Crippen LogP contribution in [0.1, 0.15) is 18.5 Å². The molecule has 4 heteroatoms. The number of nitrogens with one attached hydrogen (secondary N) is 2. The Kier molecular flexibility index (Phi) is 3.85. The van der Waals surface area contributed by atoms with Gasteiger partial charge in [-0.25, -0.2) is 0 Å². The summed E-state index contributed by atoms with van der Waals surface area (Å²) >= 11 is 5.94. The van der Waals surface area contributed by atoms with E-state index < -0.39 is 0 Å². The lowest BCUT2D eigenvalue weighted by Crippen LogP contribution is -2.31. The molecule has 1 unspecified atom stereocenters. The summed E-state index contributed by atoms with van der Waals surface area (Å²) in [6, 6.07) is 7.96. The molecule has 1 fully saturated rings. The van der Waals surface area contributed by atoms with Gasteiger partial charge in [0.25, 0.3) is 0 Å². The number of H-pyrrole nitrogens is 1. The van der Waals surface area contributed by atoms with Crippen LogP contribution in [0.2, 0.25) is 5.02 Å². The van der Waals surface area contributed by atoms with Crippen molar-refractivity contribution in [1.82, 2.24) is 15.5 Å². The highest BCUT2D eigenvalue weighted by Crippen LogP contribution is 2.26. The van der Waals surface area contributed by atoms with Crippen molar-refractivity contribution in [3.05, 3.63) is 41.2 Å². The van der Waals surface area contributed by atoms with Crippen LogP contribution >= 0.6 is 11.6 Å². The van der Waals surface area contributed by atoms with Crippen molar-refractivity contribution in [3.8, 4) is 11.1 Å². The quantitative estimate of drug-likeness (QED) is 0.903. The Labute approximate surface area is 118 Å². The van der Waals surface area contributed by atoms with Crippen molar-refractivity contribution in [2.75, 3.05) is 13.1 Å². The van der Waals surface area contributed by atoms with E-state index in [2.05, 4.69) is 27.6 Å². The van der Waals surface area contributed by atoms with Gasteiger partial charge in [0, 0.05) is 16.3 Å². The molecule has 3 rings (SSSR count). The third kappa shape index (κ3) is 2.99. The first kappa shape index (κ1) is 12.7. The Morgan fingerprint density at radius 2 is 2.11 bits per heavy atom. The first-order valence-electron chi connectivity index (χ1n) is 6.82. The van der Waals surface area contributed by atoms with Crippen molar-refractivity contribution < 1.29 is 0 Å². The van der Waals surface area contributed by atoms with E-state index in [4.69, 9.17) is 11.6 Å². The number of benzene rings is 1. The average Bonchev–Trinajstić information content (AvgIpc) is 2.89. The largest absolute Gasteiger partial charge is 0.316 e. The van der Waals surface area contributed by atoms with Crippen LogP contribution in [0, 0.1) is 5.92 Å². The number of nitrogens with zero attached hydrogens (tertiary/aromatic N) is 1. The zero-order valence-electron chi connectivity index (χ0n) is 10.8. The van der Waals surface area contributed by atoms with Crippen molar-refractivity contribution in [2.24, 2.45) is 5.92 Å². The predicted octanol–water partition coefficient (Wildman–Crippen LogP) is 3.27. The molecular formula is C15H18ClN3. The molecule has 2 N–H and O–H groups in total. The van der Waals surface area contributed by atoms with Gasteiger partial charge in [-0.1, -0.05) is 23.7 Å². The molecule has 1 aromatic heterocycles. The van der Waals surface area contributed by atoms with Gasteiger partial charge in [-0.3, -0.25) is 5.10 Å². The molecule has 0 spiro atoms. The summed E-state index contributed by atoms with van der Waals surface area (Å²) in [5, 5.41) is 11.6. The molecule has 0 saturated carbocycles. The van der Waals surface area contributed by atoms with Gasteiger partial charge in [-0.05, 0) is 56.0 Å². The van der Waals surface area contributed by atoms with Gasteiger partial charge in [0.05, 0.1) is 6.20 Å². The third-order valence-electron chi connectivity index (χ3n) is 3.77. The minimum absolute atomic E-state index is 0.709. The predicted molar refractivity (Wildman–Crippen MR) is 78.3 cm³/mol. The summed E-state index contributed by atoms with van der Waals surface area (Å²) in [6.45, 7) is 2.27. The van der Waals surface area contributed by atoms with Crippen molar-refractivity contribution in [2.45, 2.75) is 19.3 Å². The Morgan fingerprint density at radius 1 is 1.26 bits per heavy atom. The summed E-state index contributed by atoms with van der Waals surface area (Å²) in [6.07, 6.45) is 5.54. The van der Waals surface area contributed by atoms with Crippen molar-refractivity contribution in [1.29, 1.82) is 0 Å². The average molecular weight is 276 g/mol. The summed E-state index contributed by atoms with van der Waals surface area (Å²) in [5.41, 5.74) is 3.61. The van der Waals surface area contributed by atoms with Gasteiger partial charge in [-0.15, -0.1) is 0 Å². The molecule has 1 aromatic carbocycles. The molecule has 1 saturated heterocycles. The number of hydrogen-bond acceptors (Lipinski definition) is 2. The zero-order chi connectivity index (χ0) is 13.1. The molecule has 100 valence electrons. The van der Waals surface area contributed by atoms with E-state index in [9.17, 15) is 0 Å². The van der Waals surface area contributed by atoms with E-state index in [1.807, 2.05) is 18.3 Å². The van der Waals surface area contributed by atoms with Crippen LogP contribution in [-0.2, 0) is 6.42 Å². The van der Waals surface area contributed by atoms with E-state index >= 15 is 0 Å². The lowest BCUT2D eigenvalue weighted by molar-refractivity contribution is 0.373. The van der Waals surface area contributed by atoms with Crippen LogP contribution < -0.4 is 5.32 Å². The van der Waals surface area contributed by atoms with Gasteiger partial charge in [0.1, 0.15) is 0 Å². The second kappa shape index (κ2) is 5.76. The second-order valence-corrected chi connectivity index (χ2v) is 5.62. The van der Waals surface area contributed by atoms with Crippen molar-refractivity contribution in [3.63, 3.8) is 0 Å². The first-order valence-corrected chi connectivity index (χ1v) is 7.19. The maximum atomic E-state index is 5.94. The fraction of sp³-hybridized carbons (Fsp3) is 0.400. The van der Waals surface area contributed by atoms with Gasteiger partial charge in [0.2, 0.25) is 0 Å². The normalized spacial score (nSPS) is 19.5. The highest BCUT2D eigenvalue weighted by molar-refractivity contribution is 6.30. The maximum Gasteiger partial charge on any atom is 0.0568 e. The van der Waals surface area contributed by atoms with Crippen LogP contribution in [0.15, 0.2) is 30.5 Å². The lowest BCUT2D eigenvalue weighted by Gasteiger charge is -2.22. The molecular weight excluding hydrogens is 258 g/mol. The molecule has 0 amide bonds. The Hall–Kier alpha value is -1.32. The highest BCUT2D eigenvalue weighted by Gasteiger charge is 2.17. The Morgan fingerprint density at radius 3 is 2.84 bits per heavy atom. The number of piperidine rings is 1. The minimum Gasteiger partial charge on any atom is -0.316 e. The molecule has 1 aliphatic rings. The highest BCUT2D eigenvalue weighted by atomic mass is 35.5. The molecule has 0 aliphatic carbocycles. The molecule has 0 bridgehead atoms. The molecule has 1 atom stereocenters. The molecule has 2 aromatic rings. The van der Waals surface area contributed by atoms with Gasteiger partial charge in [0.15, 0.2) is 0 Å². The van der Waals surface area contributed by atoms with Crippen LogP contribution in [-0.4, -0.2) is 23.3 Å². The molecule has 0 radical (unpaired) electrons. The zero-order valence-corrected chi connectivity index (χ0v) is 11.6. The molecule has 2 heterocycles. The second-order valence-electron chi connectivity index (χ2n) is 5.19. The van der Waals surface area contributed by atoms with E-state index in [0.717, 1.165) is 24.5 Å². The Bertz CT molecular complexity index is 527. The number of rotatable bonds is 3. The summed E-state index contributed by atoms with van der Waals surface area (Å²) in [5.74, 6) is 0.709. The minimum atomic E-state index is 0.709. The van der Waals surface area contributed by atoms with Crippen LogP contribution in [0.5, 0.6) is 0 Å². The van der Waals surface area contributed by atoms with Gasteiger partial charge >= 0.3 is 0 Å². The van der Waals surface area contributed by atoms with Gasteiger partial charge in [-0.2, -0.15) is 5.10 Å². The van der Waals surface area contributed by atoms with Crippen molar-refractivity contribution >= 4 is 11.6 Å². The lowest BCUT2D eigenvalue weighted by atomic mass is 9.92. The topological polar surface area (TPSA) is 40.7 Å². The molecule has 1 aliphatic heterocycles. The summed E-state index contributed by atoms with van der Waals surface area (Å²) in [7, 11) is 0. The van der Waals surface area contributed by atoms with Gasteiger partial charge < -0.3 is 5.32 Å². The van der Waals surface area contributed by atoms with E-state index in [1.165, 1.54) is 29.7 Å². The van der Waals surface area contributed by atoms with E-state index in [1.54, 1.807) is 0 Å². The number of aromatic nitrogens is 2. The van der Waals surface area contributed by atoms with Crippen LogP contribution in [0.4, 0.5) is 0 Å². The van der Waals surface area contributed by atoms with E-state index in [-0.39, 0.29) is 0 Å². The van der Waals surface area contributed by atoms with Crippen LogP contribution in [0.3, 0.4) is 0 Å². The number of halogens is 1. The first-order chi connectivity index (χ1) is 9.33. The fourth-order valence-electron chi connectivity index (χ4n) is 2.73. The Balaban J connectivity index is 1.79. The maximum absolute atomic E-state index is 5.94. The monoisotopic (exact) mass is 275 g/mol. The number of hydrogen-bond donors (Lipinski definition) is 2. The smallest absolute Gasteiger partial charge is 0.0568 e. The summed E-state index contributed by atoms with van der Waals surface area (Å²) < 4.78 is 0. The van der Waals surface area contributed by atoms with E-state index in [0.29, 0.717) is 5.92 Å². The molecule has 19 heavy (non-hydrogen) atoms. The fourth-order valence-corrected chi connectivity index (χ4v) is 2.86. The number of aromatic amines is 1. The SMILES string of the molecule is Clc1ccc(-c2cn[nH]c2CC2CCCNC2)cc1.